The smallest absolute Gasteiger partial charge is 0.0445 e. The number of benzene rings is 1. The summed E-state index contributed by atoms with van der Waals surface area (Å²) in [6.07, 6.45) is 7.28. The monoisotopic (exact) mass is 247 g/mol. The molecule has 1 heterocycles. The van der Waals surface area contributed by atoms with Gasteiger partial charge in [-0.1, -0.05) is 30.3 Å². The summed E-state index contributed by atoms with van der Waals surface area (Å²) in [4.78, 5) is 2.57. The summed E-state index contributed by atoms with van der Waals surface area (Å²) < 4.78 is 0. The Bertz CT molecular complexity index is 325. The quantitative estimate of drug-likeness (QED) is 0.749. The van der Waals surface area contributed by atoms with E-state index in [1.54, 1.807) is 0 Å². The highest BCUT2D eigenvalue weighted by molar-refractivity contribution is 5.14. The van der Waals surface area contributed by atoms with Crippen LogP contribution in [0.15, 0.2) is 30.3 Å². The van der Waals surface area contributed by atoms with Crippen LogP contribution in [-0.4, -0.2) is 35.7 Å². The zero-order chi connectivity index (χ0) is 12.6. The summed E-state index contributed by atoms with van der Waals surface area (Å²) in [6, 6.07) is 11.4. The molecule has 0 radical (unpaired) electrons. The molecule has 1 atom stereocenters. The van der Waals surface area contributed by atoms with Crippen molar-refractivity contribution >= 4 is 0 Å². The van der Waals surface area contributed by atoms with Crippen LogP contribution in [0, 0.1) is 0 Å². The molecule has 2 heteroatoms. The maximum atomic E-state index is 9.04. The van der Waals surface area contributed by atoms with Crippen molar-refractivity contribution in [1.82, 2.24) is 4.90 Å². The van der Waals surface area contributed by atoms with Crippen molar-refractivity contribution < 1.29 is 5.11 Å². The zero-order valence-electron chi connectivity index (χ0n) is 11.2. The van der Waals surface area contributed by atoms with Crippen LogP contribution in [0.3, 0.4) is 0 Å². The minimum atomic E-state index is 0.338. The van der Waals surface area contributed by atoms with Gasteiger partial charge in [0, 0.05) is 12.6 Å². The van der Waals surface area contributed by atoms with Gasteiger partial charge in [-0.05, 0) is 57.2 Å². The van der Waals surface area contributed by atoms with Gasteiger partial charge in [0.2, 0.25) is 0 Å². The number of hydrogen-bond acceptors (Lipinski definition) is 2. The highest BCUT2D eigenvalue weighted by atomic mass is 16.3. The van der Waals surface area contributed by atoms with Crippen molar-refractivity contribution in [2.75, 3.05) is 19.7 Å². The maximum absolute atomic E-state index is 9.04. The van der Waals surface area contributed by atoms with Gasteiger partial charge in [-0.3, -0.25) is 0 Å². The molecular formula is C16H25NO. The lowest BCUT2D eigenvalue weighted by Crippen LogP contribution is -2.31. The number of aliphatic hydroxyl groups is 1. The lowest BCUT2D eigenvalue weighted by molar-refractivity contribution is 0.193. The summed E-state index contributed by atoms with van der Waals surface area (Å²) in [5, 5.41) is 9.04. The summed E-state index contributed by atoms with van der Waals surface area (Å²) in [6.45, 7) is 2.78. The van der Waals surface area contributed by atoms with Crippen LogP contribution in [0.5, 0.6) is 0 Å². The molecule has 0 bridgehead atoms. The fraction of sp³-hybridized carbons (Fsp3) is 0.625. The van der Waals surface area contributed by atoms with Crippen LogP contribution in [0.25, 0.3) is 0 Å². The lowest BCUT2D eigenvalue weighted by Gasteiger charge is -2.23. The third-order valence-electron chi connectivity index (χ3n) is 3.96. The van der Waals surface area contributed by atoms with E-state index in [0.29, 0.717) is 12.6 Å². The van der Waals surface area contributed by atoms with E-state index >= 15 is 0 Å². The third kappa shape index (κ3) is 4.11. The Hall–Kier alpha value is -0.860. The Morgan fingerprint density at radius 2 is 2.00 bits per heavy atom. The molecule has 0 aromatic heterocycles. The highest BCUT2D eigenvalue weighted by Gasteiger charge is 2.22. The van der Waals surface area contributed by atoms with E-state index in [4.69, 9.17) is 5.11 Å². The predicted molar refractivity (Wildman–Crippen MR) is 75.7 cm³/mol. The molecule has 1 unspecified atom stereocenters. The number of likely N-dealkylation sites (tertiary alicyclic amines) is 1. The molecule has 0 saturated carbocycles. The molecule has 0 amide bonds. The van der Waals surface area contributed by atoms with Crippen molar-refractivity contribution in [3.63, 3.8) is 0 Å². The molecule has 100 valence electrons. The predicted octanol–water partition coefficient (Wildman–Crippen LogP) is 2.86. The van der Waals surface area contributed by atoms with Gasteiger partial charge in [0.15, 0.2) is 0 Å². The lowest BCUT2D eigenvalue weighted by atomic mass is 10.1. The molecule has 1 fully saturated rings. The van der Waals surface area contributed by atoms with Crippen LogP contribution < -0.4 is 0 Å². The van der Waals surface area contributed by atoms with Crippen LogP contribution in [0.2, 0.25) is 0 Å². The van der Waals surface area contributed by atoms with Crippen molar-refractivity contribution in [3.8, 4) is 0 Å². The maximum Gasteiger partial charge on any atom is 0.0445 e. The summed E-state index contributed by atoms with van der Waals surface area (Å²) in [5.74, 6) is 0. The summed E-state index contributed by atoms with van der Waals surface area (Å²) in [5.41, 5.74) is 1.45. The van der Waals surface area contributed by atoms with Crippen molar-refractivity contribution in [2.45, 2.75) is 44.6 Å². The van der Waals surface area contributed by atoms with Crippen LogP contribution in [0.4, 0.5) is 0 Å². The Morgan fingerprint density at radius 1 is 1.17 bits per heavy atom. The molecular weight excluding hydrogens is 222 g/mol. The van der Waals surface area contributed by atoms with E-state index in [9.17, 15) is 0 Å². The SMILES string of the molecule is OCCC1CCCN1CCCCc1ccccc1. The van der Waals surface area contributed by atoms with E-state index in [1.807, 2.05) is 0 Å². The van der Waals surface area contributed by atoms with Gasteiger partial charge in [0.25, 0.3) is 0 Å². The number of hydrogen-bond donors (Lipinski definition) is 1. The molecule has 1 saturated heterocycles. The van der Waals surface area contributed by atoms with Crippen molar-refractivity contribution in [2.24, 2.45) is 0 Å². The number of aliphatic hydroxyl groups excluding tert-OH is 1. The van der Waals surface area contributed by atoms with Crippen LogP contribution in [0.1, 0.15) is 37.7 Å². The minimum absolute atomic E-state index is 0.338. The number of nitrogens with zero attached hydrogens (tertiary/aromatic N) is 1. The van der Waals surface area contributed by atoms with Gasteiger partial charge in [-0.25, -0.2) is 0 Å². The Kier molecular flexibility index (Phi) is 5.69. The number of unbranched alkanes of at least 4 members (excludes halogenated alkanes) is 1. The topological polar surface area (TPSA) is 23.5 Å². The van der Waals surface area contributed by atoms with E-state index in [-0.39, 0.29) is 0 Å². The van der Waals surface area contributed by atoms with Gasteiger partial charge < -0.3 is 10.0 Å². The van der Waals surface area contributed by atoms with Gasteiger partial charge in [-0.2, -0.15) is 0 Å². The van der Waals surface area contributed by atoms with Crippen LogP contribution in [-0.2, 0) is 6.42 Å². The molecule has 2 rings (SSSR count). The van der Waals surface area contributed by atoms with Gasteiger partial charge in [-0.15, -0.1) is 0 Å². The second-order valence-corrected chi connectivity index (χ2v) is 5.29. The molecule has 1 N–H and O–H groups in total. The van der Waals surface area contributed by atoms with Crippen molar-refractivity contribution in [3.05, 3.63) is 35.9 Å². The first-order chi connectivity index (χ1) is 8.90. The minimum Gasteiger partial charge on any atom is -0.396 e. The first kappa shape index (κ1) is 13.6. The Balaban J connectivity index is 1.63. The fourth-order valence-corrected chi connectivity index (χ4v) is 2.95. The molecule has 0 spiro atoms. The summed E-state index contributed by atoms with van der Waals surface area (Å²) >= 11 is 0. The molecule has 0 aliphatic carbocycles. The number of aryl methyl sites for hydroxylation is 1. The Labute approximate surface area is 111 Å². The first-order valence-electron chi connectivity index (χ1n) is 7.29. The molecule has 1 aromatic carbocycles. The fourth-order valence-electron chi connectivity index (χ4n) is 2.95. The standard InChI is InChI=1S/C16H25NO/c18-14-11-16-10-6-13-17(16)12-5-4-9-15-7-2-1-3-8-15/h1-3,7-8,16,18H,4-6,9-14H2. The second-order valence-electron chi connectivity index (χ2n) is 5.29. The van der Waals surface area contributed by atoms with Gasteiger partial charge in [0.05, 0.1) is 0 Å². The number of rotatable bonds is 7. The Morgan fingerprint density at radius 3 is 2.78 bits per heavy atom. The van der Waals surface area contributed by atoms with Crippen molar-refractivity contribution in [1.29, 1.82) is 0 Å². The molecule has 18 heavy (non-hydrogen) atoms. The molecule has 1 aliphatic heterocycles. The van der Waals surface area contributed by atoms with Gasteiger partial charge >= 0.3 is 0 Å². The third-order valence-corrected chi connectivity index (χ3v) is 3.96. The van der Waals surface area contributed by atoms with E-state index in [1.165, 1.54) is 50.8 Å². The van der Waals surface area contributed by atoms with E-state index in [0.717, 1.165) is 6.42 Å². The molecule has 2 nitrogen and oxygen atoms in total. The average molecular weight is 247 g/mol. The largest absolute Gasteiger partial charge is 0.396 e. The molecule has 1 aliphatic rings. The van der Waals surface area contributed by atoms with E-state index < -0.39 is 0 Å². The average Bonchev–Trinajstić information content (AvgIpc) is 2.84. The van der Waals surface area contributed by atoms with Gasteiger partial charge in [0.1, 0.15) is 0 Å². The van der Waals surface area contributed by atoms with E-state index in [2.05, 4.69) is 35.2 Å². The first-order valence-corrected chi connectivity index (χ1v) is 7.29. The highest BCUT2D eigenvalue weighted by Crippen LogP contribution is 2.20. The molecule has 1 aromatic rings. The van der Waals surface area contributed by atoms with Crippen LogP contribution >= 0.6 is 0 Å². The second kappa shape index (κ2) is 7.55. The normalized spacial score (nSPS) is 20.4. The summed E-state index contributed by atoms with van der Waals surface area (Å²) in [7, 11) is 0. The zero-order valence-corrected chi connectivity index (χ0v) is 11.2.